The molecule has 1 aromatic carbocycles. The van der Waals surface area contributed by atoms with Crippen molar-refractivity contribution in [3.63, 3.8) is 0 Å². The van der Waals surface area contributed by atoms with Crippen molar-refractivity contribution in [3.05, 3.63) is 40.3 Å². The van der Waals surface area contributed by atoms with Crippen LogP contribution < -0.4 is 9.47 Å². The van der Waals surface area contributed by atoms with E-state index in [9.17, 15) is 4.79 Å². The lowest BCUT2D eigenvalue weighted by atomic mass is 10.2. The number of carboxylic acid groups (broad SMARTS) is 1. The third-order valence-corrected chi connectivity index (χ3v) is 5.25. The van der Waals surface area contributed by atoms with Gasteiger partial charge in [-0.25, -0.2) is 9.78 Å². The first-order valence-corrected chi connectivity index (χ1v) is 9.84. The van der Waals surface area contributed by atoms with Crippen LogP contribution in [0.15, 0.2) is 29.8 Å². The van der Waals surface area contributed by atoms with Crippen molar-refractivity contribution in [2.45, 2.75) is 25.7 Å². The van der Waals surface area contributed by atoms with Crippen LogP contribution in [0.4, 0.5) is 0 Å². The van der Waals surface area contributed by atoms with E-state index in [1.807, 2.05) is 24.3 Å². The molecule has 0 aliphatic carbocycles. The average Bonchev–Trinajstić information content (AvgIpc) is 3.32. The Morgan fingerprint density at radius 1 is 1.12 bits per heavy atom. The minimum atomic E-state index is -0.970. The summed E-state index contributed by atoms with van der Waals surface area (Å²) < 4.78 is 11.5. The van der Waals surface area contributed by atoms with Gasteiger partial charge < -0.3 is 14.6 Å². The number of nitrogens with zero attached hydrogens (tertiary/aromatic N) is 2. The van der Waals surface area contributed by atoms with Crippen LogP contribution in [0.2, 0.25) is 0 Å². The largest absolute Gasteiger partial charge is 0.494 e. The number of aromatic nitrogens is 1. The standard InChI is InChI=1S/C19H24N2O4S/c22-19(23)18-17(26-14-20-18)4-3-12-24-15-5-7-16(8-6-15)25-13-11-21-9-1-2-10-21/h5-8,14H,1-4,9-13H2,(H,22,23). The SMILES string of the molecule is O=C(O)c1ncsc1CCCOc1ccc(OCCN2CCCC2)cc1. The fourth-order valence-electron chi connectivity index (χ4n) is 2.98. The Bertz CT molecular complexity index is 696. The van der Waals surface area contributed by atoms with Gasteiger partial charge in [0, 0.05) is 11.4 Å². The second-order valence-electron chi connectivity index (χ2n) is 6.25. The molecule has 0 bridgehead atoms. The molecule has 2 aromatic rings. The predicted molar refractivity (Wildman–Crippen MR) is 101 cm³/mol. The van der Waals surface area contributed by atoms with Crippen LogP contribution in [0.1, 0.15) is 34.6 Å². The molecule has 0 saturated carbocycles. The van der Waals surface area contributed by atoms with Gasteiger partial charge in [0.2, 0.25) is 0 Å². The third-order valence-electron chi connectivity index (χ3n) is 4.36. The normalized spacial score (nSPS) is 14.5. The number of hydrogen-bond donors (Lipinski definition) is 1. The summed E-state index contributed by atoms with van der Waals surface area (Å²) in [6.07, 6.45) is 4.00. The highest BCUT2D eigenvalue weighted by molar-refractivity contribution is 7.09. The van der Waals surface area contributed by atoms with Crippen molar-refractivity contribution in [3.8, 4) is 11.5 Å². The Morgan fingerprint density at radius 2 is 1.77 bits per heavy atom. The quantitative estimate of drug-likeness (QED) is 0.641. The van der Waals surface area contributed by atoms with Crippen LogP contribution in [0.3, 0.4) is 0 Å². The molecule has 1 aliphatic rings. The summed E-state index contributed by atoms with van der Waals surface area (Å²) in [5, 5.41) is 9.04. The maximum absolute atomic E-state index is 11.0. The van der Waals surface area contributed by atoms with Gasteiger partial charge in [-0.2, -0.15) is 0 Å². The van der Waals surface area contributed by atoms with Gasteiger partial charge in [0.15, 0.2) is 5.69 Å². The van der Waals surface area contributed by atoms with E-state index in [0.717, 1.165) is 29.3 Å². The molecular weight excluding hydrogens is 352 g/mol. The molecule has 0 spiro atoms. The van der Waals surface area contributed by atoms with Crippen LogP contribution in [-0.4, -0.2) is 53.8 Å². The zero-order chi connectivity index (χ0) is 18.2. The second-order valence-corrected chi connectivity index (χ2v) is 7.19. The number of hydrogen-bond acceptors (Lipinski definition) is 6. The van der Waals surface area contributed by atoms with Crippen molar-refractivity contribution in [2.75, 3.05) is 32.8 Å². The first kappa shape index (κ1) is 18.7. The number of rotatable bonds is 10. The van der Waals surface area contributed by atoms with Gasteiger partial charge in [0.05, 0.1) is 12.1 Å². The van der Waals surface area contributed by atoms with Crippen molar-refractivity contribution in [1.29, 1.82) is 0 Å². The van der Waals surface area contributed by atoms with Gasteiger partial charge >= 0.3 is 5.97 Å². The molecule has 0 radical (unpaired) electrons. The van der Waals surface area contributed by atoms with E-state index < -0.39 is 5.97 Å². The Labute approximate surface area is 157 Å². The fourth-order valence-corrected chi connectivity index (χ4v) is 3.78. The van der Waals surface area contributed by atoms with Crippen LogP contribution in [0.25, 0.3) is 0 Å². The Morgan fingerprint density at radius 3 is 2.42 bits per heavy atom. The number of benzene rings is 1. The summed E-state index contributed by atoms with van der Waals surface area (Å²) in [6, 6.07) is 7.65. The van der Waals surface area contributed by atoms with Crippen LogP contribution in [0.5, 0.6) is 11.5 Å². The van der Waals surface area contributed by atoms with Crippen molar-refractivity contribution in [2.24, 2.45) is 0 Å². The molecular formula is C19H24N2O4S. The molecule has 0 unspecified atom stereocenters. The lowest BCUT2D eigenvalue weighted by molar-refractivity contribution is 0.0690. The monoisotopic (exact) mass is 376 g/mol. The molecule has 1 fully saturated rings. The smallest absolute Gasteiger partial charge is 0.355 e. The van der Waals surface area contributed by atoms with Gasteiger partial charge in [-0.15, -0.1) is 11.3 Å². The lowest BCUT2D eigenvalue weighted by Crippen LogP contribution is -2.25. The highest BCUT2D eigenvalue weighted by Gasteiger charge is 2.13. The van der Waals surface area contributed by atoms with Crippen LogP contribution >= 0.6 is 11.3 Å². The molecule has 1 saturated heterocycles. The Balaban J connectivity index is 1.34. The second kappa shape index (κ2) is 9.54. The highest BCUT2D eigenvalue weighted by Crippen LogP contribution is 2.19. The van der Waals surface area contributed by atoms with Gasteiger partial charge in [-0.1, -0.05) is 0 Å². The maximum atomic E-state index is 11.0. The maximum Gasteiger partial charge on any atom is 0.355 e. The van der Waals surface area contributed by atoms with Crippen molar-refractivity contribution < 1.29 is 19.4 Å². The summed E-state index contributed by atoms with van der Waals surface area (Å²) in [4.78, 5) is 18.1. The summed E-state index contributed by atoms with van der Waals surface area (Å²) in [5.74, 6) is 0.675. The van der Waals surface area contributed by atoms with Crippen molar-refractivity contribution in [1.82, 2.24) is 9.88 Å². The zero-order valence-electron chi connectivity index (χ0n) is 14.7. The molecule has 1 aliphatic heterocycles. The van der Waals surface area contributed by atoms with Crippen LogP contribution in [-0.2, 0) is 6.42 Å². The van der Waals surface area contributed by atoms with E-state index in [-0.39, 0.29) is 5.69 Å². The number of carbonyl (C=O) groups is 1. The highest BCUT2D eigenvalue weighted by atomic mass is 32.1. The van der Waals surface area contributed by atoms with E-state index in [1.165, 1.54) is 37.3 Å². The van der Waals surface area contributed by atoms with E-state index >= 15 is 0 Å². The van der Waals surface area contributed by atoms with Gasteiger partial charge in [-0.3, -0.25) is 4.90 Å². The van der Waals surface area contributed by atoms with E-state index in [0.29, 0.717) is 19.6 Å². The number of aromatic carboxylic acids is 1. The average molecular weight is 376 g/mol. The number of ether oxygens (including phenoxy) is 2. The van der Waals surface area contributed by atoms with Crippen molar-refractivity contribution >= 4 is 17.3 Å². The molecule has 2 heterocycles. The summed E-state index contributed by atoms with van der Waals surface area (Å²) in [6.45, 7) is 4.60. The molecule has 7 heteroatoms. The van der Waals surface area contributed by atoms with Crippen LogP contribution in [0, 0.1) is 0 Å². The summed E-state index contributed by atoms with van der Waals surface area (Å²) in [7, 11) is 0. The minimum absolute atomic E-state index is 0.158. The number of likely N-dealkylation sites (tertiary alicyclic amines) is 1. The Hall–Kier alpha value is -2.12. The van der Waals surface area contributed by atoms with Gasteiger partial charge in [0.1, 0.15) is 18.1 Å². The Kier molecular flexibility index (Phi) is 6.85. The first-order chi connectivity index (χ1) is 12.7. The molecule has 0 amide bonds. The van der Waals surface area contributed by atoms with E-state index in [1.54, 1.807) is 5.51 Å². The molecule has 3 rings (SSSR count). The zero-order valence-corrected chi connectivity index (χ0v) is 15.5. The first-order valence-electron chi connectivity index (χ1n) is 8.96. The molecule has 1 aromatic heterocycles. The van der Waals surface area contributed by atoms with E-state index in [2.05, 4.69) is 9.88 Å². The summed E-state index contributed by atoms with van der Waals surface area (Å²) in [5.41, 5.74) is 1.73. The van der Waals surface area contributed by atoms with Gasteiger partial charge in [-0.05, 0) is 63.0 Å². The molecule has 26 heavy (non-hydrogen) atoms. The number of aryl methyl sites for hydroxylation is 1. The lowest BCUT2D eigenvalue weighted by Gasteiger charge is -2.15. The van der Waals surface area contributed by atoms with E-state index in [4.69, 9.17) is 14.6 Å². The number of carboxylic acids is 1. The summed E-state index contributed by atoms with van der Waals surface area (Å²) >= 11 is 1.38. The third kappa shape index (κ3) is 5.44. The molecule has 140 valence electrons. The molecule has 1 N–H and O–H groups in total. The predicted octanol–water partition coefficient (Wildman–Crippen LogP) is 3.33. The minimum Gasteiger partial charge on any atom is -0.494 e. The molecule has 0 atom stereocenters. The molecule has 6 nitrogen and oxygen atoms in total. The topological polar surface area (TPSA) is 71.9 Å². The van der Waals surface area contributed by atoms with Gasteiger partial charge in [0.25, 0.3) is 0 Å². The fraction of sp³-hybridized carbons (Fsp3) is 0.474. The number of thiazole rings is 1.